The molecule has 106 valence electrons. The monoisotopic (exact) mass is 276 g/mol. The summed E-state index contributed by atoms with van der Waals surface area (Å²) in [4.78, 5) is 12.1. The lowest BCUT2D eigenvalue weighted by atomic mass is 9.94. The molecule has 0 bridgehead atoms. The number of aryl methyl sites for hydroxylation is 1. The fourth-order valence-corrected chi connectivity index (χ4v) is 2.05. The number of nitrogens with one attached hydrogen (secondary N) is 1. The maximum atomic E-state index is 12.9. The standard InChI is InChI=1S/C15H17FN2O2/c1-10-13(9-17-20-10)14(19)18-15(2,3)8-11-4-6-12(16)7-5-11/h4-7,9H,8H2,1-3H3,(H,18,19). The van der Waals surface area contributed by atoms with Gasteiger partial charge in [-0.3, -0.25) is 4.79 Å². The molecule has 0 spiro atoms. The molecule has 0 aliphatic heterocycles. The third-order valence-corrected chi connectivity index (χ3v) is 3.01. The van der Waals surface area contributed by atoms with Gasteiger partial charge in [0, 0.05) is 5.54 Å². The second-order valence-corrected chi connectivity index (χ2v) is 5.44. The summed E-state index contributed by atoms with van der Waals surface area (Å²) >= 11 is 0. The molecule has 1 aromatic heterocycles. The van der Waals surface area contributed by atoms with Crippen LogP contribution in [0, 0.1) is 12.7 Å². The average molecular weight is 276 g/mol. The van der Waals surface area contributed by atoms with Crippen LogP contribution in [-0.2, 0) is 6.42 Å². The van der Waals surface area contributed by atoms with Crippen molar-refractivity contribution in [3.63, 3.8) is 0 Å². The van der Waals surface area contributed by atoms with Gasteiger partial charge in [0.15, 0.2) is 0 Å². The van der Waals surface area contributed by atoms with Crippen LogP contribution in [0.25, 0.3) is 0 Å². The van der Waals surface area contributed by atoms with Crippen molar-refractivity contribution in [1.82, 2.24) is 10.5 Å². The van der Waals surface area contributed by atoms with Crippen LogP contribution in [0.15, 0.2) is 35.0 Å². The van der Waals surface area contributed by atoms with E-state index in [4.69, 9.17) is 4.52 Å². The highest BCUT2D eigenvalue weighted by atomic mass is 19.1. The molecule has 20 heavy (non-hydrogen) atoms. The fraction of sp³-hybridized carbons (Fsp3) is 0.333. The number of hydrogen-bond donors (Lipinski definition) is 1. The summed E-state index contributed by atoms with van der Waals surface area (Å²) in [7, 11) is 0. The number of amides is 1. The van der Waals surface area contributed by atoms with E-state index in [2.05, 4.69) is 10.5 Å². The van der Waals surface area contributed by atoms with Gasteiger partial charge in [-0.05, 0) is 44.9 Å². The highest BCUT2D eigenvalue weighted by Gasteiger charge is 2.23. The third kappa shape index (κ3) is 3.44. The molecule has 1 amide bonds. The SMILES string of the molecule is Cc1oncc1C(=O)NC(C)(C)Cc1ccc(F)cc1. The van der Waals surface area contributed by atoms with Crippen molar-refractivity contribution in [3.8, 4) is 0 Å². The summed E-state index contributed by atoms with van der Waals surface area (Å²) in [5.74, 6) is -0.00775. The maximum absolute atomic E-state index is 12.9. The first-order valence-corrected chi connectivity index (χ1v) is 6.36. The van der Waals surface area contributed by atoms with E-state index in [-0.39, 0.29) is 11.7 Å². The molecule has 0 aliphatic carbocycles. The molecule has 2 aromatic rings. The topological polar surface area (TPSA) is 55.1 Å². The van der Waals surface area contributed by atoms with Gasteiger partial charge in [0.05, 0.1) is 6.20 Å². The Morgan fingerprint density at radius 2 is 2.00 bits per heavy atom. The van der Waals surface area contributed by atoms with Crippen molar-refractivity contribution in [2.75, 3.05) is 0 Å². The van der Waals surface area contributed by atoms with E-state index in [1.54, 1.807) is 19.1 Å². The molecule has 0 saturated carbocycles. The number of nitrogens with zero attached hydrogens (tertiary/aromatic N) is 1. The van der Waals surface area contributed by atoms with E-state index in [1.807, 2.05) is 13.8 Å². The average Bonchev–Trinajstić information content (AvgIpc) is 2.77. The van der Waals surface area contributed by atoms with Crippen LogP contribution >= 0.6 is 0 Å². The van der Waals surface area contributed by atoms with Crippen LogP contribution in [0.3, 0.4) is 0 Å². The predicted molar refractivity (Wildman–Crippen MR) is 72.9 cm³/mol. The molecule has 0 saturated heterocycles. The molecule has 0 fully saturated rings. The molecule has 0 unspecified atom stereocenters. The van der Waals surface area contributed by atoms with Gasteiger partial charge in [0.25, 0.3) is 5.91 Å². The number of hydrogen-bond acceptors (Lipinski definition) is 3. The summed E-state index contributed by atoms with van der Waals surface area (Å²) < 4.78 is 17.8. The zero-order chi connectivity index (χ0) is 14.8. The largest absolute Gasteiger partial charge is 0.361 e. The van der Waals surface area contributed by atoms with E-state index in [0.29, 0.717) is 17.7 Å². The number of aromatic nitrogens is 1. The lowest BCUT2D eigenvalue weighted by Crippen LogP contribution is -2.45. The minimum absolute atomic E-state index is 0.226. The first-order chi connectivity index (χ1) is 9.37. The lowest BCUT2D eigenvalue weighted by molar-refractivity contribution is 0.0911. The maximum Gasteiger partial charge on any atom is 0.256 e. The van der Waals surface area contributed by atoms with Crippen LogP contribution in [0.1, 0.15) is 35.5 Å². The molecule has 4 nitrogen and oxygen atoms in total. The van der Waals surface area contributed by atoms with E-state index < -0.39 is 5.54 Å². The number of benzene rings is 1. The van der Waals surface area contributed by atoms with Crippen molar-refractivity contribution in [2.24, 2.45) is 0 Å². The molecule has 1 aromatic carbocycles. The summed E-state index contributed by atoms with van der Waals surface area (Å²) in [5.41, 5.74) is 0.925. The second kappa shape index (κ2) is 5.45. The Morgan fingerprint density at radius 3 is 2.55 bits per heavy atom. The Hall–Kier alpha value is -2.17. The predicted octanol–water partition coefficient (Wildman–Crippen LogP) is 2.87. The molecule has 0 atom stereocenters. The molecule has 0 radical (unpaired) electrons. The number of rotatable bonds is 4. The molecule has 5 heteroatoms. The number of carbonyl (C=O) groups excluding carboxylic acids is 1. The van der Waals surface area contributed by atoms with Crippen LogP contribution in [0.2, 0.25) is 0 Å². The molecule has 0 aliphatic rings. The highest BCUT2D eigenvalue weighted by Crippen LogP contribution is 2.15. The fourth-order valence-electron chi connectivity index (χ4n) is 2.05. The van der Waals surface area contributed by atoms with E-state index in [9.17, 15) is 9.18 Å². The van der Waals surface area contributed by atoms with Crippen LogP contribution in [0.5, 0.6) is 0 Å². The zero-order valence-corrected chi connectivity index (χ0v) is 11.7. The van der Waals surface area contributed by atoms with Gasteiger partial charge in [0.1, 0.15) is 17.1 Å². The Bertz CT molecular complexity index is 603. The van der Waals surface area contributed by atoms with Crippen LogP contribution in [0.4, 0.5) is 4.39 Å². The zero-order valence-electron chi connectivity index (χ0n) is 11.7. The number of carbonyl (C=O) groups is 1. The first-order valence-electron chi connectivity index (χ1n) is 6.36. The highest BCUT2D eigenvalue weighted by molar-refractivity contribution is 5.95. The summed E-state index contributed by atoms with van der Waals surface area (Å²) in [6, 6.07) is 6.26. The van der Waals surface area contributed by atoms with Crippen molar-refractivity contribution in [3.05, 3.63) is 53.2 Å². The normalized spacial score (nSPS) is 11.4. The first kappa shape index (κ1) is 14.2. The van der Waals surface area contributed by atoms with Crippen LogP contribution in [-0.4, -0.2) is 16.6 Å². The molecule has 2 rings (SSSR count). The van der Waals surface area contributed by atoms with Crippen molar-refractivity contribution in [1.29, 1.82) is 0 Å². The molecular formula is C15H17FN2O2. The molecule has 1 heterocycles. The van der Waals surface area contributed by atoms with Gasteiger partial charge in [-0.2, -0.15) is 0 Å². The Balaban J connectivity index is 2.05. The Kier molecular flexibility index (Phi) is 3.88. The van der Waals surface area contributed by atoms with E-state index in [1.165, 1.54) is 18.3 Å². The van der Waals surface area contributed by atoms with Gasteiger partial charge in [-0.25, -0.2) is 4.39 Å². The van der Waals surface area contributed by atoms with Gasteiger partial charge in [-0.15, -0.1) is 0 Å². The van der Waals surface area contributed by atoms with Crippen molar-refractivity contribution < 1.29 is 13.7 Å². The quantitative estimate of drug-likeness (QED) is 0.934. The van der Waals surface area contributed by atoms with E-state index in [0.717, 1.165) is 5.56 Å². The summed E-state index contributed by atoms with van der Waals surface area (Å²) in [6.45, 7) is 5.52. The van der Waals surface area contributed by atoms with Gasteiger partial charge in [-0.1, -0.05) is 17.3 Å². The van der Waals surface area contributed by atoms with Gasteiger partial charge < -0.3 is 9.84 Å². The minimum atomic E-state index is -0.460. The molecular weight excluding hydrogens is 259 g/mol. The Morgan fingerprint density at radius 1 is 1.35 bits per heavy atom. The van der Waals surface area contributed by atoms with Crippen molar-refractivity contribution >= 4 is 5.91 Å². The summed E-state index contributed by atoms with van der Waals surface area (Å²) in [6.07, 6.45) is 2.00. The van der Waals surface area contributed by atoms with E-state index >= 15 is 0 Å². The summed E-state index contributed by atoms with van der Waals surface area (Å²) in [5, 5.41) is 6.52. The Labute approximate surface area is 117 Å². The number of halogens is 1. The minimum Gasteiger partial charge on any atom is -0.361 e. The lowest BCUT2D eigenvalue weighted by Gasteiger charge is -2.26. The smallest absolute Gasteiger partial charge is 0.256 e. The van der Waals surface area contributed by atoms with Crippen molar-refractivity contribution in [2.45, 2.75) is 32.7 Å². The van der Waals surface area contributed by atoms with Crippen LogP contribution < -0.4 is 5.32 Å². The second-order valence-electron chi connectivity index (χ2n) is 5.44. The molecule has 1 N–H and O–H groups in total. The van der Waals surface area contributed by atoms with Gasteiger partial charge in [0.2, 0.25) is 0 Å². The third-order valence-electron chi connectivity index (χ3n) is 3.01. The van der Waals surface area contributed by atoms with Gasteiger partial charge >= 0.3 is 0 Å².